The molecular formula is C16H11ClFN3O4. The molecule has 3 aromatic rings. The summed E-state index contributed by atoms with van der Waals surface area (Å²) in [5, 5.41) is -0.681. The van der Waals surface area contributed by atoms with Gasteiger partial charge in [-0.15, -0.1) is 0 Å². The van der Waals surface area contributed by atoms with Gasteiger partial charge in [0.2, 0.25) is 0 Å². The van der Waals surface area contributed by atoms with Crippen LogP contribution in [0.4, 0.5) is 4.39 Å². The Morgan fingerprint density at radius 1 is 1.36 bits per heavy atom. The lowest BCUT2D eigenvalue weighted by molar-refractivity contribution is 0.0600. The molecule has 0 atom stereocenters. The maximum atomic E-state index is 13.7. The van der Waals surface area contributed by atoms with Crippen molar-refractivity contribution in [1.82, 2.24) is 14.5 Å². The van der Waals surface area contributed by atoms with Gasteiger partial charge in [0.1, 0.15) is 0 Å². The standard InChI is InChI=1S/C16H11ClFN3O4/c1-7-4-3-5-8(15(23)25-2)11(7)21-13-9(14(22)20-16(21)24)6-10(18)12(17)19-13/h3-6H,1-2H3,(H,20,22,24). The Bertz CT molecular complexity index is 1140. The number of para-hydroxylation sites is 1. The molecular weight excluding hydrogens is 353 g/mol. The van der Waals surface area contributed by atoms with Gasteiger partial charge in [0.15, 0.2) is 16.6 Å². The molecule has 0 aliphatic rings. The van der Waals surface area contributed by atoms with Crippen molar-refractivity contribution in [2.75, 3.05) is 7.11 Å². The smallest absolute Gasteiger partial charge is 0.340 e. The minimum Gasteiger partial charge on any atom is -0.465 e. The number of pyridine rings is 1. The third-order valence-corrected chi connectivity index (χ3v) is 3.92. The molecule has 0 aliphatic carbocycles. The van der Waals surface area contributed by atoms with Crippen LogP contribution < -0.4 is 11.2 Å². The molecule has 0 saturated heterocycles. The highest BCUT2D eigenvalue weighted by Crippen LogP contribution is 2.23. The van der Waals surface area contributed by atoms with E-state index in [0.717, 1.165) is 10.6 Å². The number of methoxy groups -OCH3 is 1. The van der Waals surface area contributed by atoms with Crippen molar-refractivity contribution in [3.8, 4) is 5.69 Å². The Morgan fingerprint density at radius 2 is 2.08 bits per heavy atom. The second-order valence-electron chi connectivity index (χ2n) is 5.19. The molecule has 0 amide bonds. The number of nitrogens with one attached hydrogen (secondary N) is 1. The van der Waals surface area contributed by atoms with E-state index in [9.17, 15) is 18.8 Å². The van der Waals surface area contributed by atoms with Gasteiger partial charge in [0.25, 0.3) is 5.56 Å². The van der Waals surface area contributed by atoms with Gasteiger partial charge >= 0.3 is 11.7 Å². The summed E-state index contributed by atoms with van der Waals surface area (Å²) in [6.45, 7) is 1.66. The van der Waals surface area contributed by atoms with Crippen molar-refractivity contribution < 1.29 is 13.9 Å². The third kappa shape index (κ3) is 2.70. The lowest BCUT2D eigenvalue weighted by Crippen LogP contribution is -2.31. The molecule has 1 aromatic carbocycles. The maximum Gasteiger partial charge on any atom is 0.340 e. The van der Waals surface area contributed by atoms with E-state index >= 15 is 0 Å². The summed E-state index contributed by atoms with van der Waals surface area (Å²) in [6.07, 6.45) is 0. The van der Waals surface area contributed by atoms with Crippen LogP contribution in [0.3, 0.4) is 0 Å². The topological polar surface area (TPSA) is 94.0 Å². The van der Waals surface area contributed by atoms with Crippen LogP contribution in [0.25, 0.3) is 16.7 Å². The lowest BCUT2D eigenvalue weighted by Gasteiger charge is -2.15. The quantitative estimate of drug-likeness (QED) is 0.555. The summed E-state index contributed by atoms with van der Waals surface area (Å²) in [4.78, 5) is 42.4. The van der Waals surface area contributed by atoms with Crippen molar-refractivity contribution in [2.45, 2.75) is 6.92 Å². The van der Waals surface area contributed by atoms with Gasteiger partial charge in [-0.05, 0) is 24.6 Å². The molecule has 2 aromatic heterocycles. The van der Waals surface area contributed by atoms with Crippen LogP contribution in [0.15, 0.2) is 33.9 Å². The number of aromatic nitrogens is 3. The largest absolute Gasteiger partial charge is 0.465 e. The number of ether oxygens (including phenoxy) is 1. The van der Waals surface area contributed by atoms with Crippen LogP contribution in [0, 0.1) is 12.7 Å². The highest BCUT2D eigenvalue weighted by molar-refractivity contribution is 6.29. The van der Waals surface area contributed by atoms with Crippen molar-refractivity contribution in [3.63, 3.8) is 0 Å². The summed E-state index contributed by atoms with van der Waals surface area (Å²) >= 11 is 5.72. The first-order valence-electron chi connectivity index (χ1n) is 7.04. The van der Waals surface area contributed by atoms with Crippen LogP contribution in [0.5, 0.6) is 0 Å². The van der Waals surface area contributed by atoms with Gasteiger partial charge in [-0.2, -0.15) is 0 Å². The van der Waals surface area contributed by atoms with Crippen LogP contribution in [0.2, 0.25) is 5.15 Å². The first-order chi connectivity index (χ1) is 11.8. The first-order valence-corrected chi connectivity index (χ1v) is 7.42. The second kappa shape index (κ2) is 6.14. The van der Waals surface area contributed by atoms with Crippen LogP contribution >= 0.6 is 11.6 Å². The Kier molecular flexibility index (Phi) is 4.13. The van der Waals surface area contributed by atoms with Gasteiger partial charge in [0, 0.05) is 0 Å². The van der Waals surface area contributed by atoms with E-state index in [-0.39, 0.29) is 22.3 Å². The predicted molar refractivity (Wildman–Crippen MR) is 89.0 cm³/mol. The van der Waals surface area contributed by atoms with Gasteiger partial charge in [-0.3, -0.25) is 9.78 Å². The fourth-order valence-corrected chi connectivity index (χ4v) is 2.68. The zero-order valence-electron chi connectivity index (χ0n) is 13.1. The monoisotopic (exact) mass is 363 g/mol. The van der Waals surface area contributed by atoms with Gasteiger partial charge in [-0.25, -0.2) is 23.5 Å². The number of H-pyrrole nitrogens is 1. The van der Waals surface area contributed by atoms with Crippen molar-refractivity contribution >= 4 is 28.6 Å². The molecule has 0 saturated carbocycles. The lowest BCUT2D eigenvalue weighted by atomic mass is 10.1. The van der Waals surface area contributed by atoms with E-state index in [4.69, 9.17) is 16.3 Å². The Balaban J connectivity index is 2.54. The molecule has 25 heavy (non-hydrogen) atoms. The van der Waals surface area contributed by atoms with Crippen molar-refractivity contribution in [3.05, 3.63) is 67.2 Å². The number of aromatic amines is 1. The normalized spacial score (nSPS) is 10.9. The molecule has 0 unspecified atom stereocenters. The third-order valence-electron chi connectivity index (χ3n) is 3.66. The number of fused-ring (bicyclic) bond motifs is 1. The molecule has 0 bridgehead atoms. The molecule has 7 nitrogen and oxygen atoms in total. The number of esters is 1. The van der Waals surface area contributed by atoms with Crippen molar-refractivity contribution in [1.29, 1.82) is 0 Å². The first kappa shape index (κ1) is 16.8. The molecule has 1 N–H and O–H groups in total. The zero-order chi connectivity index (χ0) is 18.3. The van der Waals surface area contributed by atoms with Crippen LogP contribution in [-0.2, 0) is 4.74 Å². The fraction of sp³-hybridized carbons (Fsp3) is 0.125. The minimum absolute atomic E-state index is 0.0835. The van der Waals surface area contributed by atoms with E-state index in [0.29, 0.717) is 5.56 Å². The molecule has 9 heteroatoms. The van der Waals surface area contributed by atoms with E-state index < -0.39 is 28.2 Å². The summed E-state index contributed by atoms with van der Waals surface area (Å²) in [5.74, 6) is -1.58. The van der Waals surface area contributed by atoms with E-state index in [1.165, 1.54) is 13.2 Å². The molecule has 128 valence electrons. The molecule has 0 radical (unpaired) electrons. The molecule has 0 spiro atoms. The van der Waals surface area contributed by atoms with Gasteiger partial charge in [-0.1, -0.05) is 23.7 Å². The van der Waals surface area contributed by atoms with Gasteiger partial charge < -0.3 is 4.74 Å². The maximum absolute atomic E-state index is 13.7. The van der Waals surface area contributed by atoms with E-state index in [1.807, 2.05) is 0 Å². The number of benzene rings is 1. The summed E-state index contributed by atoms with van der Waals surface area (Å²) in [7, 11) is 1.20. The number of halogens is 2. The summed E-state index contributed by atoms with van der Waals surface area (Å²) < 4.78 is 19.4. The average molecular weight is 364 g/mol. The Morgan fingerprint density at radius 3 is 2.76 bits per heavy atom. The molecule has 0 aliphatic heterocycles. The number of aryl methyl sites for hydroxylation is 1. The highest BCUT2D eigenvalue weighted by atomic mass is 35.5. The molecule has 2 heterocycles. The van der Waals surface area contributed by atoms with Gasteiger partial charge in [0.05, 0.1) is 23.7 Å². The summed E-state index contributed by atoms with van der Waals surface area (Å²) in [6, 6.07) is 5.62. The number of hydrogen-bond acceptors (Lipinski definition) is 5. The highest BCUT2D eigenvalue weighted by Gasteiger charge is 2.21. The molecule has 0 fully saturated rings. The van der Waals surface area contributed by atoms with Crippen LogP contribution in [0.1, 0.15) is 15.9 Å². The fourth-order valence-electron chi connectivity index (χ4n) is 2.55. The zero-order valence-corrected chi connectivity index (χ0v) is 13.8. The SMILES string of the molecule is COC(=O)c1cccc(C)c1-n1c(=O)[nH]c(=O)c2cc(F)c(Cl)nc21. The number of carbonyl (C=O) groups is 1. The number of nitrogens with zero attached hydrogens (tertiary/aromatic N) is 2. The van der Waals surface area contributed by atoms with E-state index in [1.54, 1.807) is 19.1 Å². The Hall–Kier alpha value is -3.00. The second-order valence-corrected chi connectivity index (χ2v) is 5.55. The number of carbonyl (C=O) groups excluding carboxylic acids is 1. The molecule has 3 rings (SSSR count). The van der Waals surface area contributed by atoms with E-state index in [2.05, 4.69) is 9.97 Å². The van der Waals surface area contributed by atoms with Crippen LogP contribution in [-0.4, -0.2) is 27.6 Å². The summed E-state index contributed by atoms with van der Waals surface area (Å²) in [5.41, 5.74) is -1.03. The number of rotatable bonds is 2. The Labute approximate surface area is 144 Å². The average Bonchev–Trinajstić information content (AvgIpc) is 2.57. The predicted octanol–water partition coefficient (Wildman–Crippen LogP) is 1.96. The number of hydrogen-bond donors (Lipinski definition) is 1. The minimum atomic E-state index is -0.900. The van der Waals surface area contributed by atoms with Crippen molar-refractivity contribution in [2.24, 2.45) is 0 Å².